The minimum atomic E-state index is -2.94. The summed E-state index contributed by atoms with van der Waals surface area (Å²) in [6, 6.07) is 1.80. The SMILES string of the molecule is CCS(=O)(=O)CCNc1ncc(C)cc1N. The number of hydrogen-bond acceptors (Lipinski definition) is 5. The number of pyridine rings is 1. The van der Waals surface area contributed by atoms with Crippen LogP contribution in [0.3, 0.4) is 0 Å². The van der Waals surface area contributed by atoms with E-state index in [1.807, 2.05) is 6.92 Å². The summed E-state index contributed by atoms with van der Waals surface area (Å²) in [7, 11) is -2.94. The molecule has 0 unspecified atom stereocenters. The van der Waals surface area contributed by atoms with Gasteiger partial charge in [-0.2, -0.15) is 0 Å². The van der Waals surface area contributed by atoms with Crippen LogP contribution in [0.25, 0.3) is 0 Å². The number of hydrogen-bond donors (Lipinski definition) is 2. The van der Waals surface area contributed by atoms with Crippen molar-refractivity contribution in [3.63, 3.8) is 0 Å². The van der Waals surface area contributed by atoms with Gasteiger partial charge in [0, 0.05) is 18.5 Å². The lowest BCUT2D eigenvalue weighted by Gasteiger charge is -2.08. The van der Waals surface area contributed by atoms with Gasteiger partial charge >= 0.3 is 0 Å². The van der Waals surface area contributed by atoms with Crippen molar-refractivity contribution >= 4 is 21.3 Å². The van der Waals surface area contributed by atoms with Gasteiger partial charge in [-0.05, 0) is 18.6 Å². The first kappa shape index (κ1) is 12.8. The van der Waals surface area contributed by atoms with Gasteiger partial charge in [-0.25, -0.2) is 13.4 Å². The predicted octanol–water partition coefficient (Wildman–Crippen LogP) is 0.819. The Morgan fingerprint density at radius 1 is 1.50 bits per heavy atom. The third kappa shape index (κ3) is 3.69. The zero-order valence-electron chi connectivity index (χ0n) is 9.53. The molecular weight excluding hydrogens is 226 g/mol. The molecule has 0 bridgehead atoms. The van der Waals surface area contributed by atoms with Gasteiger partial charge in [0.2, 0.25) is 0 Å². The largest absolute Gasteiger partial charge is 0.396 e. The molecule has 1 aromatic heterocycles. The summed E-state index contributed by atoms with van der Waals surface area (Å²) in [6.07, 6.45) is 1.69. The van der Waals surface area contributed by atoms with E-state index in [2.05, 4.69) is 10.3 Å². The van der Waals surface area contributed by atoms with E-state index in [4.69, 9.17) is 5.73 Å². The lowest BCUT2D eigenvalue weighted by molar-refractivity contribution is 0.597. The van der Waals surface area contributed by atoms with Gasteiger partial charge in [-0.1, -0.05) is 6.92 Å². The molecule has 1 rings (SSSR count). The average molecular weight is 243 g/mol. The number of anilines is 2. The summed E-state index contributed by atoms with van der Waals surface area (Å²) in [5.74, 6) is 0.793. The molecule has 1 aromatic rings. The summed E-state index contributed by atoms with van der Waals surface area (Å²) in [4.78, 5) is 4.09. The summed E-state index contributed by atoms with van der Waals surface area (Å²) < 4.78 is 22.5. The predicted molar refractivity (Wildman–Crippen MR) is 66.2 cm³/mol. The van der Waals surface area contributed by atoms with Crippen molar-refractivity contribution in [1.29, 1.82) is 0 Å². The molecule has 6 heteroatoms. The van der Waals surface area contributed by atoms with Crippen molar-refractivity contribution < 1.29 is 8.42 Å². The number of nitrogens with one attached hydrogen (secondary N) is 1. The average Bonchev–Trinajstić information content (AvgIpc) is 2.21. The Hall–Kier alpha value is -1.30. The molecule has 0 amide bonds. The van der Waals surface area contributed by atoms with Crippen LogP contribution in [0.5, 0.6) is 0 Å². The second kappa shape index (κ2) is 5.16. The fraction of sp³-hybridized carbons (Fsp3) is 0.500. The highest BCUT2D eigenvalue weighted by Gasteiger charge is 2.07. The number of nitrogens with zero attached hydrogens (tertiary/aromatic N) is 1. The number of rotatable bonds is 5. The van der Waals surface area contributed by atoms with Gasteiger partial charge in [0.05, 0.1) is 11.4 Å². The summed E-state index contributed by atoms with van der Waals surface area (Å²) in [6.45, 7) is 3.86. The minimum Gasteiger partial charge on any atom is -0.396 e. The van der Waals surface area contributed by atoms with E-state index in [-0.39, 0.29) is 11.5 Å². The van der Waals surface area contributed by atoms with Gasteiger partial charge in [-0.15, -0.1) is 0 Å². The first-order valence-corrected chi connectivity index (χ1v) is 6.93. The Balaban J connectivity index is 2.56. The lowest BCUT2D eigenvalue weighted by atomic mass is 10.3. The number of nitrogens with two attached hydrogens (primary N) is 1. The molecule has 0 radical (unpaired) electrons. The fourth-order valence-electron chi connectivity index (χ4n) is 1.21. The first-order valence-electron chi connectivity index (χ1n) is 5.11. The van der Waals surface area contributed by atoms with Crippen LogP contribution in [0.15, 0.2) is 12.3 Å². The molecule has 0 saturated carbocycles. The maximum atomic E-state index is 11.2. The Morgan fingerprint density at radius 2 is 2.19 bits per heavy atom. The minimum absolute atomic E-state index is 0.0957. The smallest absolute Gasteiger partial charge is 0.151 e. The Labute approximate surface area is 96.0 Å². The van der Waals surface area contributed by atoms with Crippen molar-refractivity contribution in [2.75, 3.05) is 29.1 Å². The molecule has 5 nitrogen and oxygen atoms in total. The van der Waals surface area contributed by atoms with Crippen LogP contribution < -0.4 is 11.1 Å². The number of aryl methyl sites for hydroxylation is 1. The van der Waals surface area contributed by atoms with E-state index < -0.39 is 9.84 Å². The number of aromatic nitrogens is 1. The third-order valence-electron chi connectivity index (χ3n) is 2.20. The highest BCUT2D eigenvalue weighted by atomic mass is 32.2. The lowest BCUT2D eigenvalue weighted by Crippen LogP contribution is -2.18. The second-order valence-corrected chi connectivity index (χ2v) is 6.09. The maximum Gasteiger partial charge on any atom is 0.151 e. The van der Waals surface area contributed by atoms with Crippen molar-refractivity contribution in [1.82, 2.24) is 4.98 Å². The van der Waals surface area contributed by atoms with Gasteiger partial charge in [0.25, 0.3) is 0 Å². The van der Waals surface area contributed by atoms with Crippen LogP contribution >= 0.6 is 0 Å². The molecule has 0 spiro atoms. The molecule has 0 atom stereocenters. The van der Waals surface area contributed by atoms with E-state index >= 15 is 0 Å². The second-order valence-electron chi connectivity index (χ2n) is 3.61. The molecule has 1 heterocycles. The topological polar surface area (TPSA) is 85.1 Å². The van der Waals surface area contributed by atoms with E-state index in [1.165, 1.54) is 0 Å². The quantitative estimate of drug-likeness (QED) is 0.799. The summed E-state index contributed by atoms with van der Waals surface area (Å²) >= 11 is 0. The molecule has 0 aliphatic heterocycles. The van der Waals surface area contributed by atoms with E-state index in [1.54, 1.807) is 19.2 Å². The molecule has 0 saturated heterocycles. The summed E-state index contributed by atoms with van der Waals surface area (Å²) in [5, 5.41) is 2.92. The van der Waals surface area contributed by atoms with Crippen LogP contribution in [-0.4, -0.2) is 31.5 Å². The van der Waals surface area contributed by atoms with Crippen molar-refractivity contribution in [2.24, 2.45) is 0 Å². The van der Waals surface area contributed by atoms with Crippen LogP contribution in [0.4, 0.5) is 11.5 Å². The van der Waals surface area contributed by atoms with Crippen LogP contribution in [-0.2, 0) is 9.84 Å². The molecule has 3 N–H and O–H groups in total. The van der Waals surface area contributed by atoms with Crippen LogP contribution in [0.1, 0.15) is 12.5 Å². The number of sulfone groups is 1. The van der Waals surface area contributed by atoms with E-state index in [0.717, 1.165) is 5.56 Å². The Kier molecular flexibility index (Phi) is 4.12. The molecule has 0 fully saturated rings. The van der Waals surface area contributed by atoms with Gasteiger partial charge in [0.1, 0.15) is 5.82 Å². The van der Waals surface area contributed by atoms with Crippen molar-refractivity contribution in [3.8, 4) is 0 Å². The van der Waals surface area contributed by atoms with Gasteiger partial charge < -0.3 is 11.1 Å². The first-order chi connectivity index (χ1) is 7.44. The molecule has 90 valence electrons. The number of nitrogen functional groups attached to an aromatic ring is 1. The molecule has 0 aliphatic carbocycles. The zero-order valence-corrected chi connectivity index (χ0v) is 10.3. The Bertz CT molecular complexity index is 457. The zero-order chi connectivity index (χ0) is 12.2. The monoisotopic (exact) mass is 243 g/mol. The third-order valence-corrected chi connectivity index (χ3v) is 3.91. The van der Waals surface area contributed by atoms with Crippen molar-refractivity contribution in [3.05, 3.63) is 17.8 Å². The fourth-order valence-corrected chi connectivity index (χ4v) is 1.91. The molecular formula is C10H17N3O2S. The normalized spacial score (nSPS) is 11.4. The van der Waals surface area contributed by atoms with Gasteiger partial charge in [-0.3, -0.25) is 0 Å². The van der Waals surface area contributed by atoms with Gasteiger partial charge in [0.15, 0.2) is 9.84 Å². The molecule has 16 heavy (non-hydrogen) atoms. The van der Waals surface area contributed by atoms with Crippen LogP contribution in [0.2, 0.25) is 0 Å². The maximum absolute atomic E-state index is 11.2. The van der Waals surface area contributed by atoms with Crippen molar-refractivity contribution in [2.45, 2.75) is 13.8 Å². The molecule has 0 aliphatic rings. The standard InChI is InChI=1S/C10H17N3O2S/c1-3-16(14,15)5-4-12-10-9(11)6-8(2)7-13-10/h6-7H,3-5,11H2,1-2H3,(H,12,13). The van der Waals surface area contributed by atoms with E-state index in [0.29, 0.717) is 18.1 Å². The molecule has 0 aromatic carbocycles. The Morgan fingerprint density at radius 3 is 2.75 bits per heavy atom. The van der Waals surface area contributed by atoms with E-state index in [9.17, 15) is 8.42 Å². The van der Waals surface area contributed by atoms with Crippen LogP contribution in [0, 0.1) is 6.92 Å². The highest BCUT2D eigenvalue weighted by Crippen LogP contribution is 2.15. The highest BCUT2D eigenvalue weighted by molar-refractivity contribution is 7.91. The summed E-state index contributed by atoms with van der Waals surface area (Å²) in [5.41, 5.74) is 7.24.